The molecule has 0 aliphatic rings. The lowest BCUT2D eigenvalue weighted by molar-refractivity contribution is 0.458. The monoisotopic (exact) mass is 261 g/mol. The van der Waals surface area contributed by atoms with Gasteiger partial charge in [-0.05, 0) is 13.0 Å². The lowest BCUT2D eigenvalue weighted by atomic mass is 9.93. The third kappa shape index (κ3) is 2.62. The van der Waals surface area contributed by atoms with Crippen molar-refractivity contribution in [2.24, 2.45) is 5.41 Å². The molecular formula is C15H20FN3. The summed E-state index contributed by atoms with van der Waals surface area (Å²) in [5, 5.41) is 3.19. The van der Waals surface area contributed by atoms with Crippen LogP contribution >= 0.6 is 0 Å². The summed E-state index contributed by atoms with van der Waals surface area (Å²) >= 11 is 0. The van der Waals surface area contributed by atoms with Crippen molar-refractivity contribution in [1.82, 2.24) is 14.7 Å². The molecule has 2 heterocycles. The second-order valence-electron chi connectivity index (χ2n) is 5.82. The predicted octanol–water partition coefficient (Wildman–Crippen LogP) is 3.43. The van der Waals surface area contributed by atoms with Gasteiger partial charge in [-0.3, -0.25) is 0 Å². The van der Waals surface area contributed by atoms with E-state index in [-0.39, 0.29) is 11.2 Å². The molecule has 4 heteroatoms. The molecule has 3 nitrogen and oxygen atoms in total. The number of fused-ring (bicyclic) bond motifs is 1. The number of hydrogen-bond donors (Lipinski definition) is 1. The number of halogens is 1. The molecule has 0 radical (unpaired) electrons. The highest BCUT2D eigenvalue weighted by Gasteiger charge is 2.16. The molecule has 0 saturated heterocycles. The van der Waals surface area contributed by atoms with Crippen LogP contribution < -0.4 is 5.32 Å². The van der Waals surface area contributed by atoms with Gasteiger partial charge in [0.1, 0.15) is 11.5 Å². The highest BCUT2D eigenvalue weighted by atomic mass is 19.1. The van der Waals surface area contributed by atoms with Crippen LogP contribution in [0.15, 0.2) is 30.7 Å². The SMILES string of the molecule is C=C(NCc1c(F)cc(C)n2ccnc12)C(C)(C)C. The average Bonchev–Trinajstić information content (AvgIpc) is 2.76. The van der Waals surface area contributed by atoms with Gasteiger partial charge in [-0.2, -0.15) is 0 Å². The Balaban J connectivity index is 2.31. The third-order valence-electron chi connectivity index (χ3n) is 3.30. The van der Waals surface area contributed by atoms with E-state index in [4.69, 9.17) is 0 Å². The highest BCUT2D eigenvalue weighted by Crippen LogP contribution is 2.22. The van der Waals surface area contributed by atoms with Gasteiger partial charge in [-0.25, -0.2) is 9.37 Å². The van der Waals surface area contributed by atoms with Crippen molar-refractivity contribution >= 4 is 5.65 Å². The minimum absolute atomic E-state index is 0.0487. The Bertz CT molecular complexity index is 620. The van der Waals surface area contributed by atoms with Gasteiger partial charge in [-0.1, -0.05) is 27.4 Å². The molecule has 0 aliphatic heterocycles. The van der Waals surface area contributed by atoms with Crippen LogP contribution in [0.2, 0.25) is 0 Å². The Morgan fingerprint density at radius 3 is 2.79 bits per heavy atom. The Morgan fingerprint density at radius 1 is 1.47 bits per heavy atom. The topological polar surface area (TPSA) is 29.3 Å². The lowest BCUT2D eigenvalue weighted by Crippen LogP contribution is -2.24. The molecule has 102 valence electrons. The van der Waals surface area contributed by atoms with E-state index < -0.39 is 0 Å². The van der Waals surface area contributed by atoms with Crippen molar-refractivity contribution in [2.45, 2.75) is 34.2 Å². The molecule has 2 aromatic rings. The van der Waals surface area contributed by atoms with E-state index >= 15 is 0 Å². The quantitative estimate of drug-likeness (QED) is 0.917. The fourth-order valence-corrected chi connectivity index (χ4v) is 1.88. The fourth-order valence-electron chi connectivity index (χ4n) is 1.88. The maximum absolute atomic E-state index is 14.1. The Morgan fingerprint density at radius 2 is 2.16 bits per heavy atom. The van der Waals surface area contributed by atoms with Crippen LogP contribution in [0.3, 0.4) is 0 Å². The van der Waals surface area contributed by atoms with Crippen LogP contribution in [0.5, 0.6) is 0 Å². The van der Waals surface area contributed by atoms with Crippen molar-refractivity contribution in [3.05, 3.63) is 47.8 Å². The van der Waals surface area contributed by atoms with Crippen molar-refractivity contribution in [3.63, 3.8) is 0 Å². The fraction of sp³-hybridized carbons (Fsp3) is 0.400. The van der Waals surface area contributed by atoms with Crippen LogP contribution in [0.25, 0.3) is 5.65 Å². The molecule has 0 unspecified atom stereocenters. The summed E-state index contributed by atoms with van der Waals surface area (Å²) < 4.78 is 16.0. The first-order chi connectivity index (χ1) is 8.80. The van der Waals surface area contributed by atoms with E-state index in [2.05, 4.69) is 37.7 Å². The highest BCUT2D eigenvalue weighted by molar-refractivity contribution is 5.50. The van der Waals surface area contributed by atoms with E-state index in [1.54, 1.807) is 6.20 Å². The van der Waals surface area contributed by atoms with Gasteiger partial charge in [0.25, 0.3) is 0 Å². The van der Waals surface area contributed by atoms with E-state index in [0.29, 0.717) is 17.8 Å². The molecule has 0 amide bonds. The van der Waals surface area contributed by atoms with Gasteiger partial charge in [0.15, 0.2) is 0 Å². The Labute approximate surface area is 113 Å². The number of nitrogens with zero attached hydrogens (tertiary/aromatic N) is 2. The first kappa shape index (κ1) is 13.6. The molecule has 0 bridgehead atoms. The summed E-state index contributed by atoms with van der Waals surface area (Å²) in [6, 6.07) is 1.53. The summed E-state index contributed by atoms with van der Waals surface area (Å²) in [7, 11) is 0. The molecule has 2 rings (SSSR count). The number of hydrogen-bond acceptors (Lipinski definition) is 2. The standard InChI is InChI=1S/C15H20FN3/c1-10-8-13(16)12(14-17-6-7-19(10)14)9-18-11(2)15(3,4)5/h6-8,18H,2,9H2,1,3-5H3. The van der Waals surface area contributed by atoms with E-state index in [9.17, 15) is 4.39 Å². The predicted molar refractivity (Wildman–Crippen MR) is 75.3 cm³/mol. The molecule has 2 aromatic heterocycles. The maximum atomic E-state index is 14.1. The van der Waals surface area contributed by atoms with E-state index in [0.717, 1.165) is 11.4 Å². The number of rotatable bonds is 3. The number of aryl methyl sites for hydroxylation is 1. The summed E-state index contributed by atoms with van der Waals surface area (Å²) in [4.78, 5) is 4.23. The number of aromatic nitrogens is 2. The van der Waals surface area contributed by atoms with E-state index in [1.165, 1.54) is 6.07 Å². The molecule has 0 saturated carbocycles. The smallest absolute Gasteiger partial charge is 0.144 e. The Kier molecular flexibility index (Phi) is 3.35. The third-order valence-corrected chi connectivity index (χ3v) is 3.30. The second kappa shape index (κ2) is 4.68. The summed E-state index contributed by atoms with van der Waals surface area (Å²) in [5.74, 6) is -0.231. The lowest BCUT2D eigenvalue weighted by Gasteiger charge is -2.23. The normalized spacial score (nSPS) is 11.8. The molecule has 0 aliphatic carbocycles. The zero-order valence-corrected chi connectivity index (χ0v) is 11.9. The van der Waals surface area contributed by atoms with Crippen LogP contribution in [-0.4, -0.2) is 9.38 Å². The van der Waals surface area contributed by atoms with Gasteiger partial charge in [0.2, 0.25) is 0 Å². The first-order valence-corrected chi connectivity index (χ1v) is 6.35. The van der Waals surface area contributed by atoms with Crippen LogP contribution in [-0.2, 0) is 6.54 Å². The second-order valence-corrected chi connectivity index (χ2v) is 5.82. The molecule has 0 spiro atoms. The molecule has 19 heavy (non-hydrogen) atoms. The Hall–Kier alpha value is -1.84. The van der Waals surface area contributed by atoms with Gasteiger partial charge in [0.05, 0.1) is 5.56 Å². The average molecular weight is 261 g/mol. The molecule has 0 aromatic carbocycles. The van der Waals surface area contributed by atoms with Gasteiger partial charge in [-0.15, -0.1) is 0 Å². The van der Waals surface area contributed by atoms with Crippen molar-refractivity contribution in [1.29, 1.82) is 0 Å². The molecule has 1 N–H and O–H groups in total. The molecule has 0 fully saturated rings. The van der Waals surface area contributed by atoms with Gasteiger partial charge in [0, 0.05) is 35.7 Å². The van der Waals surface area contributed by atoms with Crippen molar-refractivity contribution < 1.29 is 4.39 Å². The van der Waals surface area contributed by atoms with Crippen molar-refractivity contribution in [3.8, 4) is 0 Å². The van der Waals surface area contributed by atoms with E-state index in [1.807, 2.05) is 17.5 Å². The number of allylic oxidation sites excluding steroid dienone is 1. The minimum atomic E-state index is -0.231. The van der Waals surface area contributed by atoms with Crippen LogP contribution in [0, 0.1) is 18.2 Å². The van der Waals surface area contributed by atoms with Crippen LogP contribution in [0.4, 0.5) is 4.39 Å². The number of imidazole rings is 1. The number of pyridine rings is 1. The summed E-state index contributed by atoms with van der Waals surface area (Å²) in [5.41, 5.74) is 2.90. The van der Waals surface area contributed by atoms with Crippen LogP contribution in [0.1, 0.15) is 32.0 Å². The zero-order chi connectivity index (χ0) is 14.2. The number of nitrogens with one attached hydrogen (secondary N) is 1. The van der Waals surface area contributed by atoms with Crippen molar-refractivity contribution in [2.75, 3.05) is 0 Å². The summed E-state index contributed by atoms with van der Waals surface area (Å²) in [6.07, 6.45) is 3.52. The molecular weight excluding hydrogens is 241 g/mol. The van der Waals surface area contributed by atoms with Gasteiger partial charge >= 0.3 is 0 Å². The minimum Gasteiger partial charge on any atom is -0.384 e. The molecule has 0 atom stereocenters. The zero-order valence-electron chi connectivity index (χ0n) is 11.9. The first-order valence-electron chi connectivity index (χ1n) is 6.35. The summed E-state index contributed by atoms with van der Waals surface area (Å²) in [6.45, 7) is 12.5. The largest absolute Gasteiger partial charge is 0.384 e. The maximum Gasteiger partial charge on any atom is 0.144 e. The van der Waals surface area contributed by atoms with Gasteiger partial charge < -0.3 is 9.72 Å².